The Bertz CT molecular complexity index is 658. The number of hydrogen-bond donors (Lipinski definition) is 2. The fourth-order valence-electron chi connectivity index (χ4n) is 2.38. The van der Waals surface area contributed by atoms with Gasteiger partial charge in [-0.25, -0.2) is 0 Å². The Labute approximate surface area is 142 Å². The first-order chi connectivity index (χ1) is 11.6. The van der Waals surface area contributed by atoms with Gasteiger partial charge in [-0.1, -0.05) is 36.4 Å². The molecule has 5 heteroatoms. The van der Waals surface area contributed by atoms with Gasteiger partial charge in [0, 0.05) is 13.0 Å². The van der Waals surface area contributed by atoms with Gasteiger partial charge in [0.25, 0.3) is 0 Å². The molecular weight excluding hydrogens is 306 g/mol. The lowest BCUT2D eigenvalue weighted by atomic mass is 10.1. The van der Waals surface area contributed by atoms with Crippen molar-refractivity contribution < 1.29 is 19.4 Å². The largest absolute Gasteiger partial charge is 0.493 e. The van der Waals surface area contributed by atoms with E-state index in [2.05, 4.69) is 5.32 Å². The molecule has 2 N–H and O–H groups in total. The maximum atomic E-state index is 11.9. The summed E-state index contributed by atoms with van der Waals surface area (Å²) in [4.78, 5) is 11.9. The van der Waals surface area contributed by atoms with Crippen molar-refractivity contribution in [2.24, 2.45) is 0 Å². The third kappa shape index (κ3) is 4.99. The Balaban J connectivity index is 1.84. The van der Waals surface area contributed by atoms with E-state index in [1.54, 1.807) is 32.4 Å². The van der Waals surface area contributed by atoms with Gasteiger partial charge in [0.05, 0.1) is 20.3 Å². The van der Waals surface area contributed by atoms with E-state index in [1.807, 2.05) is 30.3 Å². The topological polar surface area (TPSA) is 67.8 Å². The summed E-state index contributed by atoms with van der Waals surface area (Å²) >= 11 is 0. The summed E-state index contributed by atoms with van der Waals surface area (Å²) in [5, 5.41) is 13.0. The fourth-order valence-corrected chi connectivity index (χ4v) is 2.38. The van der Waals surface area contributed by atoms with Crippen LogP contribution in [0.3, 0.4) is 0 Å². The number of ether oxygens (including phenoxy) is 2. The Morgan fingerprint density at radius 1 is 1.08 bits per heavy atom. The van der Waals surface area contributed by atoms with Gasteiger partial charge in [-0.3, -0.25) is 4.79 Å². The van der Waals surface area contributed by atoms with Gasteiger partial charge in [0.15, 0.2) is 11.5 Å². The summed E-state index contributed by atoms with van der Waals surface area (Å²) in [6.07, 6.45) is 0.271. The molecule has 0 saturated carbocycles. The third-order valence-corrected chi connectivity index (χ3v) is 3.77. The van der Waals surface area contributed by atoms with E-state index >= 15 is 0 Å². The van der Waals surface area contributed by atoms with Crippen LogP contribution in [0.15, 0.2) is 48.5 Å². The second-order valence-electron chi connectivity index (χ2n) is 5.42. The predicted octanol–water partition coefficient (Wildman–Crippen LogP) is 2.49. The van der Waals surface area contributed by atoms with Crippen molar-refractivity contribution in [1.29, 1.82) is 0 Å². The fraction of sp³-hybridized carbons (Fsp3) is 0.316. The molecule has 1 atom stereocenters. The minimum absolute atomic E-state index is 0.0848. The molecule has 2 rings (SSSR count). The lowest BCUT2D eigenvalue weighted by Gasteiger charge is -2.15. The number of aliphatic hydroxyl groups excluding tert-OH is 1. The molecule has 2 aromatic carbocycles. The molecule has 0 aliphatic carbocycles. The first-order valence-corrected chi connectivity index (χ1v) is 7.84. The molecule has 0 saturated heterocycles. The van der Waals surface area contributed by atoms with Crippen molar-refractivity contribution in [3.8, 4) is 11.5 Å². The molecule has 0 bridgehead atoms. The van der Waals surface area contributed by atoms with Crippen LogP contribution in [-0.2, 0) is 11.2 Å². The maximum absolute atomic E-state index is 11.9. The number of hydrogen-bond acceptors (Lipinski definition) is 4. The number of amides is 1. The highest BCUT2D eigenvalue weighted by Gasteiger charge is 2.13. The average Bonchev–Trinajstić information content (AvgIpc) is 2.64. The molecule has 5 nitrogen and oxygen atoms in total. The van der Waals surface area contributed by atoms with Crippen molar-refractivity contribution in [2.45, 2.75) is 18.9 Å². The number of rotatable bonds is 8. The quantitative estimate of drug-likeness (QED) is 0.781. The Morgan fingerprint density at radius 3 is 2.46 bits per heavy atom. The first kappa shape index (κ1) is 17.8. The molecule has 0 spiro atoms. The van der Waals surface area contributed by atoms with E-state index in [9.17, 15) is 9.90 Å². The number of aliphatic hydroxyl groups is 1. The molecule has 128 valence electrons. The Hall–Kier alpha value is -2.53. The van der Waals surface area contributed by atoms with E-state index in [4.69, 9.17) is 9.47 Å². The van der Waals surface area contributed by atoms with Crippen LogP contribution in [0.2, 0.25) is 0 Å². The van der Waals surface area contributed by atoms with Crippen LogP contribution in [0.5, 0.6) is 11.5 Å². The summed E-state index contributed by atoms with van der Waals surface area (Å²) in [6.45, 7) is 0.156. The maximum Gasteiger partial charge on any atom is 0.220 e. The highest BCUT2D eigenvalue weighted by molar-refractivity contribution is 5.76. The molecule has 24 heavy (non-hydrogen) atoms. The van der Waals surface area contributed by atoms with Crippen molar-refractivity contribution >= 4 is 5.91 Å². The number of methoxy groups -OCH3 is 2. The van der Waals surface area contributed by atoms with Gasteiger partial charge in [-0.2, -0.15) is 0 Å². The summed E-state index contributed by atoms with van der Waals surface area (Å²) in [6, 6.07) is 15.0. The van der Waals surface area contributed by atoms with Gasteiger partial charge in [0.1, 0.15) is 0 Å². The minimum atomic E-state index is -0.800. The molecule has 0 unspecified atom stereocenters. The number of carbonyl (C=O) groups excluding carboxylic acids is 1. The normalized spacial score (nSPS) is 11.6. The lowest BCUT2D eigenvalue weighted by molar-refractivity contribution is -0.121. The zero-order valence-electron chi connectivity index (χ0n) is 14.0. The highest BCUT2D eigenvalue weighted by Crippen LogP contribution is 2.29. The zero-order chi connectivity index (χ0) is 17.4. The van der Waals surface area contributed by atoms with E-state index in [1.165, 1.54) is 0 Å². The second-order valence-corrected chi connectivity index (χ2v) is 5.42. The SMILES string of the molecule is COc1ccc([C@@H](O)CNC(=O)CCc2ccccc2)cc1OC. The first-order valence-electron chi connectivity index (χ1n) is 7.84. The third-order valence-electron chi connectivity index (χ3n) is 3.77. The molecule has 0 radical (unpaired) electrons. The molecule has 0 aromatic heterocycles. The second kappa shape index (κ2) is 8.93. The zero-order valence-corrected chi connectivity index (χ0v) is 14.0. The predicted molar refractivity (Wildman–Crippen MR) is 92.3 cm³/mol. The summed E-state index contributed by atoms with van der Waals surface area (Å²) in [7, 11) is 3.10. The van der Waals surface area contributed by atoms with Crippen LogP contribution >= 0.6 is 0 Å². The highest BCUT2D eigenvalue weighted by atomic mass is 16.5. The monoisotopic (exact) mass is 329 g/mol. The molecule has 0 heterocycles. The van der Waals surface area contributed by atoms with Gasteiger partial charge in [0.2, 0.25) is 5.91 Å². The Morgan fingerprint density at radius 2 is 1.79 bits per heavy atom. The van der Waals surface area contributed by atoms with Gasteiger partial charge in [-0.15, -0.1) is 0 Å². The number of carbonyl (C=O) groups is 1. The summed E-state index contributed by atoms with van der Waals surface area (Å²) in [5.41, 5.74) is 1.78. The van der Waals surface area contributed by atoms with Crippen molar-refractivity contribution in [3.63, 3.8) is 0 Å². The average molecular weight is 329 g/mol. The van der Waals surface area contributed by atoms with Gasteiger partial charge in [-0.05, 0) is 29.7 Å². The van der Waals surface area contributed by atoms with Gasteiger partial charge >= 0.3 is 0 Å². The van der Waals surface area contributed by atoms with Gasteiger partial charge < -0.3 is 19.9 Å². The van der Waals surface area contributed by atoms with Crippen LogP contribution < -0.4 is 14.8 Å². The van der Waals surface area contributed by atoms with Crippen molar-refractivity contribution in [3.05, 3.63) is 59.7 Å². The summed E-state index contributed by atoms with van der Waals surface area (Å²) < 4.78 is 10.4. The molecule has 0 fully saturated rings. The smallest absolute Gasteiger partial charge is 0.220 e. The number of benzene rings is 2. The van der Waals surface area contributed by atoms with Crippen LogP contribution in [0.25, 0.3) is 0 Å². The molecular formula is C19H23NO4. The van der Waals surface area contributed by atoms with Crippen LogP contribution in [-0.4, -0.2) is 31.8 Å². The standard InChI is InChI=1S/C19H23NO4/c1-23-17-10-9-15(12-18(17)24-2)16(21)13-20-19(22)11-8-14-6-4-3-5-7-14/h3-7,9-10,12,16,21H,8,11,13H2,1-2H3,(H,20,22)/t16-/m0/s1. The van der Waals surface area contributed by atoms with E-state index in [0.29, 0.717) is 29.9 Å². The van der Waals surface area contributed by atoms with E-state index in [0.717, 1.165) is 5.56 Å². The van der Waals surface area contributed by atoms with Crippen LogP contribution in [0.1, 0.15) is 23.7 Å². The van der Waals surface area contributed by atoms with Crippen LogP contribution in [0.4, 0.5) is 0 Å². The number of nitrogens with one attached hydrogen (secondary N) is 1. The molecule has 1 amide bonds. The Kier molecular flexibility index (Phi) is 6.63. The lowest BCUT2D eigenvalue weighted by Crippen LogP contribution is -2.28. The van der Waals surface area contributed by atoms with Crippen molar-refractivity contribution in [1.82, 2.24) is 5.32 Å². The molecule has 0 aliphatic heterocycles. The number of aryl methyl sites for hydroxylation is 1. The van der Waals surface area contributed by atoms with Crippen LogP contribution in [0, 0.1) is 0 Å². The van der Waals surface area contributed by atoms with Crippen molar-refractivity contribution in [2.75, 3.05) is 20.8 Å². The molecule has 2 aromatic rings. The minimum Gasteiger partial charge on any atom is -0.493 e. The summed E-state index contributed by atoms with van der Waals surface area (Å²) in [5.74, 6) is 1.06. The van der Waals surface area contributed by atoms with E-state index < -0.39 is 6.10 Å². The molecule has 0 aliphatic rings. The van der Waals surface area contributed by atoms with E-state index in [-0.39, 0.29) is 12.5 Å².